The minimum absolute atomic E-state index is 0.0450. The molecule has 1 heterocycles. The fourth-order valence-corrected chi connectivity index (χ4v) is 2.13. The largest absolute Gasteiger partial charge is 0.416 e. The van der Waals surface area contributed by atoms with Crippen LogP contribution in [0.3, 0.4) is 0 Å². The molecule has 1 saturated carbocycles. The standard InChI is InChI=1S/C11H12ClF3N2O/c12-8-4-7(11(13,14)15)5-9(16-8)17-10(6-18)2-1-3-10/h4-5,18H,1-3,6H2,(H,16,17). The Morgan fingerprint density at radius 1 is 1.39 bits per heavy atom. The molecule has 1 aliphatic carbocycles. The number of aliphatic hydroxyl groups excluding tert-OH is 1. The van der Waals surface area contributed by atoms with E-state index in [1.165, 1.54) is 0 Å². The third kappa shape index (κ3) is 2.70. The number of hydrogen-bond acceptors (Lipinski definition) is 3. The SMILES string of the molecule is OCC1(Nc2cc(C(F)(F)F)cc(Cl)n2)CCC1. The zero-order chi connectivity index (χ0) is 13.4. The van der Waals surface area contributed by atoms with Crippen LogP contribution >= 0.6 is 11.6 Å². The molecule has 18 heavy (non-hydrogen) atoms. The first kappa shape index (κ1) is 13.4. The zero-order valence-corrected chi connectivity index (χ0v) is 10.1. The van der Waals surface area contributed by atoms with E-state index >= 15 is 0 Å². The molecule has 0 amide bonds. The minimum Gasteiger partial charge on any atom is -0.394 e. The molecule has 7 heteroatoms. The van der Waals surface area contributed by atoms with E-state index in [-0.39, 0.29) is 17.6 Å². The van der Waals surface area contributed by atoms with E-state index in [4.69, 9.17) is 11.6 Å². The van der Waals surface area contributed by atoms with Gasteiger partial charge in [0.15, 0.2) is 0 Å². The first-order valence-electron chi connectivity index (χ1n) is 5.48. The van der Waals surface area contributed by atoms with Gasteiger partial charge >= 0.3 is 6.18 Å². The van der Waals surface area contributed by atoms with Crippen molar-refractivity contribution in [1.29, 1.82) is 0 Å². The van der Waals surface area contributed by atoms with Crippen molar-refractivity contribution in [1.82, 2.24) is 4.98 Å². The fourth-order valence-electron chi connectivity index (χ4n) is 1.92. The lowest BCUT2D eigenvalue weighted by molar-refractivity contribution is -0.137. The van der Waals surface area contributed by atoms with Crippen LogP contribution in [0, 0.1) is 0 Å². The van der Waals surface area contributed by atoms with Crippen molar-refractivity contribution in [2.45, 2.75) is 31.0 Å². The van der Waals surface area contributed by atoms with Gasteiger partial charge in [0.25, 0.3) is 0 Å². The Balaban J connectivity index is 2.26. The quantitative estimate of drug-likeness (QED) is 0.837. The second-order valence-electron chi connectivity index (χ2n) is 4.48. The third-order valence-corrected chi connectivity index (χ3v) is 3.32. The van der Waals surface area contributed by atoms with E-state index in [1.807, 2.05) is 0 Å². The molecule has 1 aliphatic rings. The van der Waals surface area contributed by atoms with Crippen LogP contribution in [0.1, 0.15) is 24.8 Å². The number of anilines is 1. The summed E-state index contributed by atoms with van der Waals surface area (Å²) in [5, 5.41) is 11.9. The van der Waals surface area contributed by atoms with Crippen molar-refractivity contribution >= 4 is 17.4 Å². The van der Waals surface area contributed by atoms with E-state index in [0.717, 1.165) is 18.6 Å². The highest BCUT2D eigenvalue weighted by molar-refractivity contribution is 6.29. The summed E-state index contributed by atoms with van der Waals surface area (Å²) in [5.41, 5.74) is -1.40. The molecule has 1 fully saturated rings. The molecule has 0 aromatic carbocycles. The summed E-state index contributed by atoms with van der Waals surface area (Å²) in [6.07, 6.45) is -2.12. The van der Waals surface area contributed by atoms with Gasteiger partial charge < -0.3 is 10.4 Å². The average molecular weight is 281 g/mol. The van der Waals surface area contributed by atoms with Crippen LogP contribution in [-0.2, 0) is 6.18 Å². The number of alkyl halides is 3. The number of nitrogens with zero attached hydrogens (tertiary/aromatic N) is 1. The Hall–Kier alpha value is -1.01. The summed E-state index contributed by atoms with van der Waals surface area (Å²) in [6.45, 7) is -0.136. The first-order valence-corrected chi connectivity index (χ1v) is 5.86. The molecule has 1 aromatic heterocycles. The van der Waals surface area contributed by atoms with Crippen molar-refractivity contribution in [2.24, 2.45) is 0 Å². The number of nitrogens with one attached hydrogen (secondary N) is 1. The third-order valence-electron chi connectivity index (χ3n) is 3.13. The highest BCUT2D eigenvalue weighted by atomic mass is 35.5. The summed E-state index contributed by atoms with van der Waals surface area (Å²) in [5.74, 6) is 0.0450. The van der Waals surface area contributed by atoms with Gasteiger partial charge in [-0.15, -0.1) is 0 Å². The molecule has 2 rings (SSSR count). The number of aromatic nitrogens is 1. The Morgan fingerprint density at radius 3 is 2.50 bits per heavy atom. The predicted molar refractivity (Wildman–Crippen MR) is 61.5 cm³/mol. The van der Waals surface area contributed by atoms with Gasteiger partial charge in [0.05, 0.1) is 17.7 Å². The van der Waals surface area contributed by atoms with Gasteiger partial charge in [0.1, 0.15) is 11.0 Å². The van der Waals surface area contributed by atoms with Gasteiger partial charge in [-0.2, -0.15) is 13.2 Å². The molecule has 0 unspecified atom stereocenters. The van der Waals surface area contributed by atoms with Crippen LogP contribution < -0.4 is 5.32 Å². The Morgan fingerprint density at radius 2 is 2.06 bits per heavy atom. The van der Waals surface area contributed by atoms with Gasteiger partial charge in [0.2, 0.25) is 0 Å². The highest BCUT2D eigenvalue weighted by Gasteiger charge is 2.37. The summed E-state index contributed by atoms with van der Waals surface area (Å²) >= 11 is 5.58. The normalized spacial score (nSPS) is 18.3. The molecule has 0 saturated heterocycles. The molecular formula is C11H12ClF3N2O. The van der Waals surface area contributed by atoms with Crippen LogP contribution in [0.25, 0.3) is 0 Å². The maximum Gasteiger partial charge on any atom is 0.416 e. The predicted octanol–water partition coefficient (Wildman–Crippen LogP) is 3.08. The molecule has 0 aliphatic heterocycles. The van der Waals surface area contributed by atoms with Crippen LogP contribution in [0.2, 0.25) is 5.15 Å². The van der Waals surface area contributed by atoms with Crippen LogP contribution in [0.5, 0.6) is 0 Å². The maximum atomic E-state index is 12.6. The summed E-state index contributed by atoms with van der Waals surface area (Å²) in [7, 11) is 0. The molecule has 2 N–H and O–H groups in total. The van der Waals surface area contributed by atoms with Gasteiger partial charge in [-0.05, 0) is 31.4 Å². The molecule has 0 bridgehead atoms. The average Bonchev–Trinajstić information content (AvgIpc) is 2.21. The number of aliphatic hydroxyl groups is 1. The van der Waals surface area contributed by atoms with Gasteiger partial charge in [-0.1, -0.05) is 11.6 Å². The van der Waals surface area contributed by atoms with Gasteiger partial charge in [-0.3, -0.25) is 0 Å². The lowest BCUT2D eigenvalue weighted by Gasteiger charge is -2.41. The molecule has 0 atom stereocenters. The summed E-state index contributed by atoms with van der Waals surface area (Å²) in [4.78, 5) is 3.81. The summed E-state index contributed by atoms with van der Waals surface area (Å²) in [6, 6.07) is 1.68. The van der Waals surface area contributed by atoms with Crippen molar-refractivity contribution in [3.63, 3.8) is 0 Å². The Kier molecular flexibility index (Phi) is 3.42. The van der Waals surface area contributed by atoms with Crippen LogP contribution in [0.15, 0.2) is 12.1 Å². The second kappa shape index (κ2) is 4.59. The lowest BCUT2D eigenvalue weighted by atomic mass is 9.77. The molecule has 3 nitrogen and oxygen atoms in total. The van der Waals surface area contributed by atoms with Gasteiger partial charge in [-0.25, -0.2) is 4.98 Å². The van der Waals surface area contributed by atoms with Crippen molar-refractivity contribution in [3.05, 3.63) is 22.8 Å². The summed E-state index contributed by atoms with van der Waals surface area (Å²) < 4.78 is 37.8. The molecule has 0 spiro atoms. The van der Waals surface area contributed by atoms with E-state index in [1.54, 1.807) is 0 Å². The first-order chi connectivity index (χ1) is 8.35. The van der Waals surface area contributed by atoms with Crippen molar-refractivity contribution < 1.29 is 18.3 Å². The molecular weight excluding hydrogens is 269 g/mol. The number of halogens is 4. The second-order valence-corrected chi connectivity index (χ2v) is 4.87. The molecule has 100 valence electrons. The van der Waals surface area contributed by atoms with Crippen LogP contribution in [0.4, 0.5) is 19.0 Å². The van der Waals surface area contributed by atoms with Crippen LogP contribution in [-0.4, -0.2) is 22.2 Å². The topological polar surface area (TPSA) is 45.1 Å². The molecule has 0 radical (unpaired) electrons. The Labute approximate surface area is 107 Å². The fraction of sp³-hybridized carbons (Fsp3) is 0.545. The van der Waals surface area contributed by atoms with E-state index in [0.29, 0.717) is 12.8 Å². The highest BCUT2D eigenvalue weighted by Crippen LogP contribution is 2.37. The minimum atomic E-state index is -4.46. The van der Waals surface area contributed by atoms with Crippen molar-refractivity contribution in [3.8, 4) is 0 Å². The van der Waals surface area contributed by atoms with Crippen molar-refractivity contribution in [2.75, 3.05) is 11.9 Å². The smallest absolute Gasteiger partial charge is 0.394 e. The Bertz CT molecular complexity index is 441. The lowest BCUT2D eigenvalue weighted by Crippen LogP contribution is -2.48. The zero-order valence-electron chi connectivity index (χ0n) is 9.39. The van der Waals surface area contributed by atoms with Gasteiger partial charge in [0, 0.05) is 0 Å². The number of rotatable bonds is 3. The number of pyridine rings is 1. The van der Waals surface area contributed by atoms with E-state index in [9.17, 15) is 18.3 Å². The van der Waals surface area contributed by atoms with E-state index < -0.39 is 17.3 Å². The van der Waals surface area contributed by atoms with E-state index in [2.05, 4.69) is 10.3 Å². The molecule has 1 aromatic rings. The maximum absolute atomic E-state index is 12.6. The number of hydrogen-bond donors (Lipinski definition) is 2. The monoisotopic (exact) mass is 280 g/mol.